The van der Waals surface area contributed by atoms with Crippen LogP contribution in [0.1, 0.15) is 34.2 Å². The number of Topliss-reactive ketones (excluding diaryl/α,β-unsaturated/α-hetero) is 1. The van der Waals surface area contributed by atoms with E-state index in [4.69, 9.17) is 11.6 Å². The predicted octanol–water partition coefficient (Wildman–Crippen LogP) is 3.60. The molecule has 0 aliphatic carbocycles. The minimum absolute atomic E-state index is 0.0308. The Morgan fingerprint density at radius 1 is 1.37 bits per heavy atom. The van der Waals surface area contributed by atoms with E-state index in [1.807, 2.05) is 43.7 Å². The third kappa shape index (κ3) is 2.87. The van der Waals surface area contributed by atoms with Gasteiger partial charge in [-0.15, -0.1) is 0 Å². The highest BCUT2D eigenvalue weighted by Gasteiger charge is 2.15. The van der Waals surface area contributed by atoms with Crippen molar-refractivity contribution >= 4 is 17.4 Å². The molecular weight excluding hydrogens is 260 g/mol. The van der Waals surface area contributed by atoms with Gasteiger partial charge in [-0.05, 0) is 38.5 Å². The summed E-state index contributed by atoms with van der Waals surface area (Å²) in [4.78, 5) is 12.3. The van der Waals surface area contributed by atoms with Gasteiger partial charge in [0.1, 0.15) is 0 Å². The largest absolute Gasteiger partial charge is 0.294 e. The van der Waals surface area contributed by atoms with Crippen molar-refractivity contribution in [2.24, 2.45) is 0 Å². The molecule has 2 aromatic rings. The Morgan fingerprint density at radius 3 is 2.79 bits per heavy atom. The molecule has 0 unspecified atom stereocenters. The summed E-state index contributed by atoms with van der Waals surface area (Å²) in [6.45, 7) is 6.61. The average molecular weight is 277 g/mol. The standard InChI is InChI=1S/C15H17ClN2O/c1-4-18-12(8-11(3)17-18)9-14(19)13-7-5-6-10(2)15(13)16/h5-8H,4,9H2,1-3H3. The lowest BCUT2D eigenvalue weighted by atomic mass is 10.0. The van der Waals surface area contributed by atoms with Gasteiger partial charge in [0, 0.05) is 17.8 Å². The van der Waals surface area contributed by atoms with Crippen LogP contribution in [0, 0.1) is 13.8 Å². The summed E-state index contributed by atoms with van der Waals surface area (Å²) in [5.41, 5.74) is 3.37. The van der Waals surface area contributed by atoms with Crippen molar-refractivity contribution in [3.8, 4) is 0 Å². The molecule has 100 valence electrons. The van der Waals surface area contributed by atoms with Crippen LogP contribution in [0.15, 0.2) is 24.3 Å². The molecule has 0 bridgehead atoms. The van der Waals surface area contributed by atoms with Gasteiger partial charge in [0.2, 0.25) is 0 Å². The monoisotopic (exact) mass is 276 g/mol. The molecule has 1 aromatic heterocycles. The van der Waals surface area contributed by atoms with Crippen molar-refractivity contribution in [1.29, 1.82) is 0 Å². The van der Waals surface area contributed by atoms with E-state index in [9.17, 15) is 4.79 Å². The van der Waals surface area contributed by atoms with Gasteiger partial charge in [-0.3, -0.25) is 9.48 Å². The van der Waals surface area contributed by atoms with Gasteiger partial charge < -0.3 is 0 Å². The summed E-state index contributed by atoms with van der Waals surface area (Å²) >= 11 is 6.19. The lowest BCUT2D eigenvalue weighted by Crippen LogP contribution is -2.10. The third-order valence-electron chi connectivity index (χ3n) is 3.12. The molecule has 4 heteroatoms. The zero-order chi connectivity index (χ0) is 14.0. The Kier molecular flexibility index (Phi) is 4.05. The average Bonchev–Trinajstić information content (AvgIpc) is 2.72. The lowest BCUT2D eigenvalue weighted by Gasteiger charge is -2.07. The van der Waals surface area contributed by atoms with Crippen molar-refractivity contribution in [3.63, 3.8) is 0 Å². The van der Waals surface area contributed by atoms with E-state index in [1.54, 1.807) is 6.07 Å². The maximum atomic E-state index is 12.3. The molecule has 1 heterocycles. The fourth-order valence-electron chi connectivity index (χ4n) is 2.14. The number of aromatic nitrogens is 2. The van der Waals surface area contributed by atoms with Crippen LogP contribution in [0.5, 0.6) is 0 Å². The second kappa shape index (κ2) is 5.57. The van der Waals surface area contributed by atoms with Crippen LogP contribution in [0.2, 0.25) is 5.02 Å². The Morgan fingerprint density at radius 2 is 2.11 bits per heavy atom. The van der Waals surface area contributed by atoms with E-state index < -0.39 is 0 Å². The van der Waals surface area contributed by atoms with Crippen LogP contribution >= 0.6 is 11.6 Å². The molecule has 0 saturated carbocycles. The summed E-state index contributed by atoms with van der Waals surface area (Å²) in [6, 6.07) is 7.48. The molecule has 0 spiro atoms. The normalized spacial score (nSPS) is 10.7. The molecule has 0 amide bonds. The zero-order valence-electron chi connectivity index (χ0n) is 11.4. The summed E-state index contributed by atoms with van der Waals surface area (Å²) in [5, 5.41) is 4.90. The van der Waals surface area contributed by atoms with Crippen LogP contribution in [-0.2, 0) is 13.0 Å². The van der Waals surface area contributed by atoms with Gasteiger partial charge in [0.25, 0.3) is 0 Å². The van der Waals surface area contributed by atoms with Crippen molar-refractivity contribution in [3.05, 3.63) is 51.8 Å². The number of carbonyl (C=O) groups is 1. The molecule has 0 aliphatic heterocycles. The number of carbonyl (C=O) groups excluding carboxylic acids is 1. The molecule has 0 atom stereocenters. The van der Waals surface area contributed by atoms with Crippen LogP contribution in [0.3, 0.4) is 0 Å². The van der Waals surface area contributed by atoms with Crippen LogP contribution in [0.4, 0.5) is 0 Å². The minimum atomic E-state index is 0.0308. The molecule has 3 nitrogen and oxygen atoms in total. The van der Waals surface area contributed by atoms with E-state index in [0.29, 0.717) is 17.0 Å². The Balaban J connectivity index is 2.28. The highest BCUT2D eigenvalue weighted by atomic mass is 35.5. The van der Waals surface area contributed by atoms with Crippen molar-refractivity contribution in [1.82, 2.24) is 9.78 Å². The van der Waals surface area contributed by atoms with Gasteiger partial charge in [0.15, 0.2) is 5.78 Å². The van der Waals surface area contributed by atoms with Gasteiger partial charge in [-0.2, -0.15) is 5.10 Å². The molecule has 1 aromatic carbocycles. The van der Waals surface area contributed by atoms with E-state index in [2.05, 4.69) is 5.10 Å². The third-order valence-corrected chi connectivity index (χ3v) is 3.62. The fourth-order valence-corrected chi connectivity index (χ4v) is 2.37. The molecule has 0 N–H and O–H groups in total. The minimum Gasteiger partial charge on any atom is -0.294 e. The van der Waals surface area contributed by atoms with Crippen molar-refractivity contribution in [2.75, 3.05) is 0 Å². The summed E-state index contributed by atoms with van der Waals surface area (Å²) < 4.78 is 1.86. The summed E-state index contributed by atoms with van der Waals surface area (Å²) in [7, 11) is 0. The number of aryl methyl sites for hydroxylation is 3. The second-order valence-electron chi connectivity index (χ2n) is 4.63. The number of nitrogens with zero attached hydrogens (tertiary/aromatic N) is 2. The SMILES string of the molecule is CCn1nc(C)cc1CC(=O)c1cccc(C)c1Cl. The Hall–Kier alpha value is -1.61. The quantitative estimate of drug-likeness (QED) is 0.800. The second-order valence-corrected chi connectivity index (χ2v) is 5.01. The molecule has 0 radical (unpaired) electrons. The molecule has 0 saturated heterocycles. The topological polar surface area (TPSA) is 34.9 Å². The maximum Gasteiger partial charge on any atom is 0.170 e. The Bertz CT molecular complexity index is 617. The van der Waals surface area contributed by atoms with E-state index in [-0.39, 0.29) is 5.78 Å². The highest BCUT2D eigenvalue weighted by molar-refractivity contribution is 6.34. The van der Waals surface area contributed by atoms with E-state index in [1.165, 1.54) is 0 Å². The number of halogens is 1. The van der Waals surface area contributed by atoms with Gasteiger partial charge in [0.05, 0.1) is 17.1 Å². The number of benzene rings is 1. The smallest absolute Gasteiger partial charge is 0.170 e. The first-order valence-electron chi connectivity index (χ1n) is 6.34. The van der Waals surface area contributed by atoms with E-state index >= 15 is 0 Å². The van der Waals surface area contributed by atoms with Crippen molar-refractivity contribution in [2.45, 2.75) is 33.7 Å². The zero-order valence-corrected chi connectivity index (χ0v) is 12.2. The van der Waals surface area contributed by atoms with Crippen LogP contribution in [-0.4, -0.2) is 15.6 Å². The molecule has 0 fully saturated rings. The Labute approximate surface area is 118 Å². The number of rotatable bonds is 4. The van der Waals surface area contributed by atoms with Gasteiger partial charge in [-0.1, -0.05) is 23.7 Å². The predicted molar refractivity (Wildman–Crippen MR) is 76.9 cm³/mol. The molecule has 2 rings (SSSR count). The number of hydrogen-bond acceptors (Lipinski definition) is 2. The van der Waals surface area contributed by atoms with Crippen LogP contribution in [0.25, 0.3) is 0 Å². The fraction of sp³-hybridized carbons (Fsp3) is 0.333. The first kappa shape index (κ1) is 13.8. The van der Waals surface area contributed by atoms with Crippen LogP contribution < -0.4 is 0 Å². The van der Waals surface area contributed by atoms with Crippen molar-refractivity contribution < 1.29 is 4.79 Å². The highest BCUT2D eigenvalue weighted by Crippen LogP contribution is 2.22. The maximum absolute atomic E-state index is 12.3. The molecule has 0 aliphatic rings. The lowest BCUT2D eigenvalue weighted by molar-refractivity contribution is 0.0990. The summed E-state index contributed by atoms with van der Waals surface area (Å²) in [5.74, 6) is 0.0308. The first-order valence-corrected chi connectivity index (χ1v) is 6.72. The first-order chi connectivity index (χ1) is 9.02. The molecule has 19 heavy (non-hydrogen) atoms. The summed E-state index contributed by atoms with van der Waals surface area (Å²) in [6.07, 6.45) is 0.331. The van der Waals surface area contributed by atoms with Gasteiger partial charge in [-0.25, -0.2) is 0 Å². The van der Waals surface area contributed by atoms with Gasteiger partial charge >= 0.3 is 0 Å². The number of ketones is 1. The molecular formula is C15H17ClN2O. The van der Waals surface area contributed by atoms with E-state index in [0.717, 1.165) is 23.5 Å². The number of hydrogen-bond donors (Lipinski definition) is 0.